The molecule has 1 aromatic carbocycles. The molecule has 112 valence electrons. The zero-order valence-corrected chi connectivity index (χ0v) is 12.9. The van der Waals surface area contributed by atoms with Gasteiger partial charge in [-0.15, -0.1) is 0 Å². The second-order valence-electron chi connectivity index (χ2n) is 6.13. The van der Waals surface area contributed by atoms with Crippen molar-refractivity contribution in [2.75, 3.05) is 26.7 Å². The average molecular weight is 275 g/mol. The maximum Gasteiger partial charge on any atom is 0.0231 e. The summed E-state index contributed by atoms with van der Waals surface area (Å²) in [6.07, 6.45) is 3.86. The molecule has 0 amide bonds. The van der Waals surface area contributed by atoms with E-state index in [4.69, 9.17) is 0 Å². The first-order valence-electron chi connectivity index (χ1n) is 7.93. The largest absolute Gasteiger partial charge is 0.317 e. The van der Waals surface area contributed by atoms with Gasteiger partial charge in [0, 0.05) is 25.2 Å². The number of likely N-dealkylation sites (N-methyl/N-ethyl adjacent to an activating group) is 1. The van der Waals surface area contributed by atoms with Gasteiger partial charge in [-0.25, -0.2) is 0 Å². The first kappa shape index (κ1) is 15.5. The molecule has 0 spiro atoms. The summed E-state index contributed by atoms with van der Waals surface area (Å²) < 4.78 is 0. The number of rotatable bonds is 6. The van der Waals surface area contributed by atoms with Crippen LogP contribution in [0.4, 0.5) is 0 Å². The molecule has 2 N–H and O–H groups in total. The Labute approximate surface area is 123 Å². The molecule has 3 nitrogen and oxygen atoms in total. The van der Waals surface area contributed by atoms with Crippen LogP contribution in [0, 0.1) is 0 Å². The number of benzene rings is 1. The third-order valence-electron chi connectivity index (χ3n) is 3.98. The summed E-state index contributed by atoms with van der Waals surface area (Å²) >= 11 is 0. The molecule has 1 aromatic rings. The van der Waals surface area contributed by atoms with Gasteiger partial charge >= 0.3 is 0 Å². The van der Waals surface area contributed by atoms with Crippen LogP contribution in [0.15, 0.2) is 30.3 Å². The van der Waals surface area contributed by atoms with Crippen LogP contribution in [0.3, 0.4) is 0 Å². The Kier molecular flexibility index (Phi) is 6.51. The van der Waals surface area contributed by atoms with Crippen LogP contribution in [-0.2, 0) is 6.54 Å². The fraction of sp³-hybridized carbons (Fsp3) is 0.647. The van der Waals surface area contributed by atoms with Crippen LogP contribution < -0.4 is 10.6 Å². The molecule has 2 unspecified atom stereocenters. The predicted molar refractivity (Wildman–Crippen MR) is 85.9 cm³/mol. The Morgan fingerprint density at radius 3 is 2.85 bits per heavy atom. The van der Waals surface area contributed by atoms with Crippen LogP contribution in [0.2, 0.25) is 0 Å². The normalized spacial score (nSPS) is 21.6. The minimum Gasteiger partial charge on any atom is -0.317 e. The van der Waals surface area contributed by atoms with Gasteiger partial charge in [-0.1, -0.05) is 30.3 Å². The molecule has 1 aliphatic heterocycles. The predicted octanol–water partition coefficient (Wildman–Crippen LogP) is 2.24. The Balaban J connectivity index is 1.71. The minimum atomic E-state index is 0.548. The lowest BCUT2D eigenvalue weighted by Crippen LogP contribution is -2.43. The van der Waals surface area contributed by atoms with E-state index in [1.54, 1.807) is 0 Å². The van der Waals surface area contributed by atoms with Crippen molar-refractivity contribution in [2.24, 2.45) is 0 Å². The van der Waals surface area contributed by atoms with E-state index in [1.165, 1.54) is 31.4 Å². The Hall–Kier alpha value is -0.900. The topological polar surface area (TPSA) is 27.3 Å². The smallest absolute Gasteiger partial charge is 0.0231 e. The van der Waals surface area contributed by atoms with E-state index in [0.29, 0.717) is 12.1 Å². The minimum absolute atomic E-state index is 0.548. The lowest BCUT2D eigenvalue weighted by Gasteiger charge is -2.26. The van der Waals surface area contributed by atoms with Gasteiger partial charge in [0.05, 0.1) is 0 Å². The molecule has 20 heavy (non-hydrogen) atoms. The molecule has 1 aliphatic rings. The van der Waals surface area contributed by atoms with Crippen molar-refractivity contribution in [3.63, 3.8) is 0 Å². The van der Waals surface area contributed by atoms with Gasteiger partial charge in [-0.2, -0.15) is 0 Å². The number of hydrogen-bond donors (Lipinski definition) is 2. The fourth-order valence-corrected chi connectivity index (χ4v) is 3.07. The molecule has 0 aliphatic carbocycles. The number of nitrogens with one attached hydrogen (secondary N) is 2. The maximum absolute atomic E-state index is 3.79. The molecular weight excluding hydrogens is 246 g/mol. The molecular formula is C17H29N3. The van der Waals surface area contributed by atoms with E-state index in [9.17, 15) is 0 Å². The zero-order chi connectivity index (χ0) is 14.2. The van der Waals surface area contributed by atoms with Gasteiger partial charge < -0.3 is 15.5 Å². The van der Waals surface area contributed by atoms with Crippen molar-refractivity contribution < 1.29 is 0 Å². The van der Waals surface area contributed by atoms with E-state index < -0.39 is 0 Å². The highest BCUT2D eigenvalue weighted by Crippen LogP contribution is 2.07. The van der Waals surface area contributed by atoms with Crippen molar-refractivity contribution in [1.82, 2.24) is 15.5 Å². The monoisotopic (exact) mass is 275 g/mol. The number of hydrogen-bond acceptors (Lipinski definition) is 3. The van der Waals surface area contributed by atoms with E-state index in [0.717, 1.165) is 19.6 Å². The first-order valence-corrected chi connectivity index (χ1v) is 7.93. The van der Waals surface area contributed by atoms with Gasteiger partial charge in [0.2, 0.25) is 0 Å². The van der Waals surface area contributed by atoms with Gasteiger partial charge in [0.1, 0.15) is 0 Å². The molecule has 2 atom stereocenters. The third kappa shape index (κ3) is 5.61. The second-order valence-corrected chi connectivity index (χ2v) is 6.13. The van der Waals surface area contributed by atoms with E-state index in [2.05, 4.69) is 59.8 Å². The summed E-state index contributed by atoms with van der Waals surface area (Å²) in [7, 11) is 2.21. The Morgan fingerprint density at radius 1 is 1.25 bits per heavy atom. The highest BCUT2D eigenvalue weighted by molar-refractivity contribution is 5.14. The molecule has 2 rings (SSSR count). The van der Waals surface area contributed by atoms with Crippen molar-refractivity contribution in [3.8, 4) is 0 Å². The standard InChI is InChI=1S/C17H29N3/c1-15(19-17-9-6-11-18-12-10-17)13-20(2)14-16-7-4-3-5-8-16/h3-5,7-8,15,17-19H,6,9-14H2,1-2H3. The van der Waals surface area contributed by atoms with Gasteiger partial charge in [-0.05, 0) is 51.9 Å². The lowest BCUT2D eigenvalue weighted by atomic mass is 10.1. The van der Waals surface area contributed by atoms with Gasteiger partial charge in [-0.3, -0.25) is 0 Å². The van der Waals surface area contributed by atoms with E-state index in [-0.39, 0.29) is 0 Å². The van der Waals surface area contributed by atoms with Gasteiger partial charge in [0.25, 0.3) is 0 Å². The van der Waals surface area contributed by atoms with Crippen LogP contribution in [-0.4, -0.2) is 43.7 Å². The molecule has 0 bridgehead atoms. The highest BCUT2D eigenvalue weighted by atomic mass is 15.1. The van der Waals surface area contributed by atoms with Crippen LogP contribution in [0.5, 0.6) is 0 Å². The quantitative estimate of drug-likeness (QED) is 0.834. The van der Waals surface area contributed by atoms with Crippen LogP contribution in [0.1, 0.15) is 31.7 Å². The summed E-state index contributed by atoms with van der Waals surface area (Å²) in [6.45, 7) is 6.77. The molecule has 1 fully saturated rings. The third-order valence-corrected chi connectivity index (χ3v) is 3.98. The van der Waals surface area contributed by atoms with Gasteiger partial charge in [0.15, 0.2) is 0 Å². The summed E-state index contributed by atoms with van der Waals surface area (Å²) in [5, 5.41) is 7.27. The Bertz CT molecular complexity index is 358. The fourth-order valence-electron chi connectivity index (χ4n) is 3.07. The molecule has 0 aromatic heterocycles. The van der Waals surface area contributed by atoms with Crippen molar-refractivity contribution >= 4 is 0 Å². The Morgan fingerprint density at radius 2 is 2.05 bits per heavy atom. The molecule has 0 saturated carbocycles. The summed E-state index contributed by atoms with van der Waals surface area (Å²) in [5.41, 5.74) is 1.39. The summed E-state index contributed by atoms with van der Waals surface area (Å²) in [6, 6.07) is 11.9. The van der Waals surface area contributed by atoms with Crippen LogP contribution >= 0.6 is 0 Å². The molecule has 0 radical (unpaired) electrons. The zero-order valence-electron chi connectivity index (χ0n) is 12.9. The second kappa shape index (κ2) is 8.40. The van der Waals surface area contributed by atoms with Crippen molar-refractivity contribution in [2.45, 2.75) is 44.8 Å². The number of nitrogens with zero attached hydrogens (tertiary/aromatic N) is 1. The van der Waals surface area contributed by atoms with Crippen molar-refractivity contribution in [3.05, 3.63) is 35.9 Å². The van der Waals surface area contributed by atoms with E-state index >= 15 is 0 Å². The van der Waals surface area contributed by atoms with Crippen molar-refractivity contribution in [1.29, 1.82) is 0 Å². The lowest BCUT2D eigenvalue weighted by molar-refractivity contribution is 0.273. The summed E-state index contributed by atoms with van der Waals surface area (Å²) in [5.74, 6) is 0. The maximum atomic E-state index is 3.79. The SMILES string of the molecule is CC(CN(C)Cc1ccccc1)NC1CCCNCC1. The molecule has 3 heteroatoms. The van der Waals surface area contributed by atoms with Crippen LogP contribution in [0.25, 0.3) is 0 Å². The molecule has 1 saturated heterocycles. The summed E-state index contributed by atoms with van der Waals surface area (Å²) in [4.78, 5) is 2.40. The first-order chi connectivity index (χ1) is 9.74. The van der Waals surface area contributed by atoms with E-state index in [1.807, 2.05) is 0 Å². The molecule has 1 heterocycles. The highest BCUT2D eigenvalue weighted by Gasteiger charge is 2.15. The average Bonchev–Trinajstić information content (AvgIpc) is 2.68.